The maximum Gasteiger partial charge on any atom is 0.310 e. The molecule has 2 N–H and O–H groups in total. The molecule has 0 fully saturated rings. The highest BCUT2D eigenvalue weighted by Crippen LogP contribution is 2.32. The van der Waals surface area contributed by atoms with Crippen molar-refractivity contribution in [2.45, 2.75) is 53.5 Å². The number of aliphatic carboxylic acids is 1. The smallest absolute Gasteiger partial charge is 0.310 e. The van der Waals surface area contributed by atoms with E-state index in [1.807, 2.05) is 39.0 Å². The monoisotopic (exact) mass is 337 g/mol. The first kappa shape index (κ1) is 20.3. The zero-order chi connectivity index (χ0) is 18.0. The molecule has 0 unspecified atom stereocenters. The van der Waals surface area contributed by atoms with Gasteiger partial charge >= 0.3 is 5.97 Å². The highest BCUT2D eigenvalue weighted by molar-refractivity contribution is 5.74. The Labute approximate surface area is 145 Å². The van der Waals surface area contributed by atoms with Crippen molar-refractivity contribution in [1.29, 1.82) is 0 Å². The van der Waals surface area contributed by atoms with Crippen molar-refractivity contribution in [3.63, 3.8) is 0 Å². The molecule has 5 heteroatoms. The molecule has 0 saturated carbocycles. The summed E-state index contributed by atoms with van der Waals surface area (Å²) < 4.78 is 11.5. The van der Waals surface area contributed by atoms with Crippen molar-refractivity contribution in [1.82, 2.24) is 5.32 Å². The molecule has 1 aromatic carbocycles. The second-order valence-electron chi connectivity index (χ2n) is 5.92. The Morgan fingerprint density at radius 1 is 1.17 bits per heavy atom. The molecular formula is C19H31NO4. The lowest BCUT2D eigenvalue weighted by Crippen LogP contribution is -2.40. The van der Waals surface area contributed by atoms with E-state index >= 15 is 0 Å². The Bertz CT molecular complexity index is 512. The van der Waals surface area contributed by atoms with Crippen LogP contribution in [0.15, 0.2) is 18.2 Å². The SMILES string of the molecule is CCCOc1c(CNCC(CC)(CC)C(=O)O)cccc1OCC. The number of ether oxygens (including phenoxy) is 2. The summed E-state index contributed by atoms with van der Waals surface area (Å²) in [5.74, 6) is 0.744. The van der Waals surface area contributed by atoms with Crippen molar-refractivity contribution in [2.24, 2.45) is 5.41 Å². The first-order valence-electron chi connectivity index (χ1n) is 8.86. The molecule has 0 spiro atoms. The van der Waals surface area contributed by atoms with Crippen LogP contribution in [-0.4, -0.2) is 30.8 Å². The molecule has 0 aliphatic carbocycles. The van der Waals surface area contributed by atoms with Crippen LogP contribution >= 0.6 is 0 Å². The van der Waals surface area contributed by atoms with Gasteiger partial charge in [-0.1, -0.05) is 32.9 Å². The molecule has 0 bridgehead atoms. The van der Waals surface area contributed by atoms with E-state index < -0.39 is 11.4 Å². The second kappa shape index (κ2) is 10.2. The van der Waals surface area contributed by atoms with Crippen molar-refractivity contribution in [3.05, 3.63) is 23.8 Å². The third kappa shape index (κ3) is 5.13. The molecule has 24 heavy (non-hydrogen) atoms. The van der Waals surface area contributed by atoms with Crippen molar-refractivity contribution in [3.8, 4) is 11.5 Å². The van der Waals surface area contributed by atoms with E-state index in [2.05, 4.69) is 12.2 Å². The van der Waals surface area contributed by atoms with E-state index in [0.29, 0.717) is 39.1 Å². The molecular weight excluding hydrogens is 306 g/mol. The van der Waals surface area contributed by atoms with Crippen LogP contribution in [0.2, 0.25) is 0 Å². The molecule has 136 valence electrons. The van der Waals surface area contributed by atoms with Gasteiger partial charge in [0.05, 0.1) is 18.6 Å². The average molecular weight is 337 g/mol. The van der Waals surface area contributed by atoms with E-state index in [9.17, 15) is 9.90 Å². The van der Waals surface area contributed by atoms with Gasteiger partial charge in [-0.15, -0.1) is 0 Å². The van der Waals surface area contributed by atoms with E-state index in [4.69, 9.17) is 9.47 Å². The maximum absolute atomic E-state index is 11.6. The number of para-hydroxylation sites is 1. The molecule has 0 aliphatic heterocycles. The molecule has 0 atom stereocenters. The molecule has 1 rings (SSSR count). The number of hydrogen-bond acceptors (Lipinski definition) is 4. The number of carbonyl (C=O) groups is 1. The Kier molecular flexibility index (Phi) is 8.61. The van der Waals surface area contributed by atoms with Crippen LogP contribution in [-0.2, 0) is 11.3 Å². The quantitative estimate of drug-likeness (QED) is 0.606. The van der Waals surface area contributed by atoms with E-state index in [1.165, 1.54) is 0 Å². The first-order valence-corrected chi connectivity index (χ1v) is 8.86. The van der Waals surface area contributed by atoms with Crippen LogP contribution in [0.1, 0.15) is 52.5 Å². The first-order chi connectivity index (χ1) is 11.5. The summed E-state index contributed by atoms with van der Waals surface area (Å²) in [6.45, 7) is 10.0. The molecule has 0 aromatic heterocycles. The fourth-order valence-electron chi connectivity index (χ4n) is 2.65. The predicted octanol–water partition coefficient (Wildman–Crippen LogP) is 3.85. The number of nitrogens with one attached hydrogen (secondary N) is 1. The highest BCUT2D eigenvalue weighted by atomic mass is 16.5. The van der Waals surface area contributed by atoms with E-state index in [0.717, 1.165) is 23.5 Å². The molecule has 0 saturated heterocycles. The average Bonchev–Trinajstić information content (AvgIpc) is 2.58. The molecule has 0 amide bonds. The van der Waals surface area contributed by atoms with Gasteiger partial charge in [0.1, 0.15) is 0 Å². The summed E-state index contributed by atoms with van der Waals surface area (Å²) in [4.78, 5) is 11.6. The lowest BCUT2D eigenvalue weighted by Gasteiger charge is -2.27. The molecule has 5 nitrogen and oxygen atoms in total. The molecule has 0 heterocycles. The Balaban J connectivity index is 2.86. The third-order valence-electron chi connectivity index (χ3n) is 4.40. The second-order valence-corrected chi connectivity index (χ2v) is 5.92. The van der Waals surface area contributed by atoms with Gasteiger partial charge < -0.3 is 19.9 Å². The van der Waals surface area contributed by atoms with E-state index in [-0.39, 0.29) is 0 Å². The van der Waals surface area contributed by atoms with Crippen molar-refractivity contribution < 1.29 is 19.4 Å². The molecule has 0 radical (unpaired) electrons. The van der Waals surface area contributed by atoms with Gasteiger partial charge in [0, 0.05) is 18.7 Å². The van der Waals surface area contributed by atoms with Gasteiger partial charge in [-0.3, -0.25) is 4.79 Å². The predicted molar refractivity (Wildman–Crippen MR) is 95.8 cm³/mol. The lowest BCUT2D eigenvalue weighted by molar-refractivity contribution is -0.149. The summed E-state index contributed by atoms with van der Waals surface area (Å²) in [5.41, 5.74) is 0.267. The van der Waals surface area contributed by atoms with Crippen LogP contribution < -0.4 is 14.8 Å². The van der Waals surface area contributed by atoms with Gasteiger partial charge in [0.25, 0.3) is 0 Å². The molecule has 0 aliphatic rings. The van der Waals surface area contributed by atoms with Crippen LogP contribution in [0.5, 0.6) is 11.5 Å². The summed E-state index contributed by atoms with van der Waals surface area (Å²) in [7, 11) is 0. The lowest BCUT2D eigenvalue weighted by atomic mass is 9.82. The number of hydrogen-bond donors (Lipinski definition) is 2. The zero-order valence-corrected chi connectivity index (χ0v) is 15.4. The van der Waals surface area contributed by atoms with E-state index in [1.54, 1.807) is 0 Å². The normalized spacial score (nSPS) is 11.3. The number of benzene rings is 1. The minimum Gasteiger partial charge on any atom is -0.490 e. The largest absolute Gasteiger partial charge is 0.490 e. The number of carboxylic acid groups (broad SMARTS) is 1. The Hall–Kier alpha value is -1.75. The van der Waals surface area contributed by atoms with Gasteiger partial charge in [-0.2, -0.15) is 0 Å². The minimum absolute atomic E-state index is 0.432. The van der Waals surface area contributed by atoms with Gasteiger partial charge in [-0.05, 0) is 32.3 Å². The summed E-state index contributed by atoms with van der Waals surface area (Å²) >= 11 is 0. The van der Waals surface area contributed by atoms with Crippen molar-refractivity contribution >= 4 is 5.97 Å². The highest BCUT2D eigenvalue weighted by Gasteiger charge is 2.34. The van der Waals surface area contributed by atoms with Crippen LogP contribution in [0, 0.1) is 5.41 Å². The number of rotatable bonds is 12. The molecule has 1 aromatic rings. The van der Waals surface area contributed by atoms with Crippen molar-refractivity contribution in [2.75, 3.05) is 19.8 Å². The standard InChI is InChI=1S/C19H31NO4/c1-5-12-24-17-15(10-9-11-16(17)23-8-4)13-20-14-19(6-2,7-3)18(21)22/h9-11,20H,5-8,12-14H2,1-4H3,(H,21,22). The third-order valence-corrected chi connectivity index (χ3v) is 4.40. The maximum atomic E-state index is 11.6. The summed E-state index contributed by atoms with van der Waals surface area (Å²) in [6.07, 6.45) is 2.12. The van der Waals surface area contributed by atoms with Gasteiger partial charge in [0.2, 0.25) is 0 Å². The minimum atomic E-state index is -0.745. The van der Waals surface area contributed by atoms with Crippen LogP contribution in [0.25, 0.3) is 0 Å². The zero-order valence-electron chi connectivity index (χ0n) is 15.4. The van der Waals surface area contributed by atoms with Gasteiger partial charge in [0.15, 0.2) is 11.5 Å². The summed E-state index contributed by atoms with van der Waals surface area (Å²) in [6, 6.07) is 5.82. The van der Waals surface area contributed by atoms with Crippen LogP contribution in [0.3, 0.4) is 0 Å². The fraction of sp³-hybridized carbons (Fsp3) is 0.632. The number of carboxylic acids is 1. The summed E-state index contributed by atoms with van der Waals surface area (Å²) in [5, 5.41) is 12.8. The van der Waals surface area contributed by atoms with Gasteiger partial charge in [-0.25, -0.2) is 0 Å². The Morgan fingerprint density at radius 3 is 2.42 bits per heavy atom. The Morgan fingerprint density at radius 2 is 1.88 bits per heavy atom. The van der Waals surface area contributed by atoms with Crippen LogP contribution in [0.4, 0.5) is 0 Å². The topological polar surface area (TPSA) is 67.8 Å². The fourth-order valence-corrected chi connectivity index (χ4v) is 2.65.